The SMILES string of the molecule is Cc1ccc(S(=O)(=O)NCCNc2nc3ccccc3c(=O)[nH]2)s1. The number of para-hydroxylation sites is 1. The number of thiophene rings is 1. The van der Waals surface area contributed by atoms with E-state index in [1.807, 2.05) is 6.92 Å². The molecule has 0 saturated carbocycles. The number of fused-ring (bicyclic) bond motifs is 1. The Kier molecular flexibility index (Phi) is 4.65. The minimum Gasteiger partial charge on any atom is -0.354 e. The van der Waals surface area contributed by atoms with Crippen LogP contribution in [0.5, 0.6) is 0 Å². The number of sulfonamides is 1. The summed E-state index contributed by atoms with van der Waals surface area (Å²) in [4.78, 5) is 19.8. The maximum Gasteiger partial charge on any atom is 0.260 e. The largest absolute Gasteiger partial charge is 0.354 e. The third-order valence-electron chi connectivity index (χ3n) is 3.30. The number of nitrogens with one attached hydrogen (secondary N) is 3. The standard InChI is InChI=1S/C15H16N4O3S2/c1-10-6-7-13(23-10)24(21,22)17-9-8-16-15-18-12-5-3-2-4-11(12)14(20)19-15/h2-7,17H,8-9H2,1H3,(H2,16,18,19,20). The van der Waals surface area contributed by atoms with Crippen molar-refractivity contribution in [3.63, 3.8) is 0 Å². The molecule has 0 radical (unpaired) electrons. The van der Waals surface area contributed by atoms with Crippen LogP contribution >= 0.6 is 11.3 Å². The molecule has 9 heteroatoms. The fraction of sp³-hybridized carbons (Fsp3) is 0.200. The zero-order valence-electron chi connectivity index (χ0n) is 12.9. The van der Waals surface area contributed by atoms with Crippen molar-refractivity contribution in [3.05, 3.63) is 51.6 Å². The molecule has 3 aromatic rings. The van der Waals surface area contributed by atoms with E-state index in [9.17, 15) is 13.2 Å². The van der Waals surface area contributed by atoms with Crippen LogP contribution in [-0.2, 0) is 10.0 Å². The molecule has 0 fully saturated rings. The van der Waals surface area contributed by atoms with Gasteiger partial charge in [-0.2, -0.15) is 0 Å². The van der Waals surface area contributed by atoms with Crippen molar-refractivity contribution in [1.82, 2.24) is 14.7 Å². The number of H-pyrrole nitrogens is 1. The van der Waals surface area contributed by atoms with Gasteiger partial charge in [-0.25, -0.2) is 18.1 Å². The zero-order chi connectivity index (χ0) is 17.2. The van der Waals surface area contributed by atoms with Crippen molar-refractivity contribution in [2.45, 2.75) is 11.1 Å². The second-order valence-corrected chi connectivity index (χ2v) is 8.40. The summed E-state index contributed by atoms with van der Waals surface area (Å²) in [6, 6.07) is 10.4. The number of rotatable bonds is 6. The van der Waals surface area contributed by atoms with Crippen molar-refractivity contribution in [3.8, 4) is 0 Å². The highest BCUT2D eigenvalue weighted by molar-refractivity contribution is 7.91. The van der Waals surface area contributed by atoms with Crippen molar-refractivity contribution < 1.29 is 8.42 Å². The number of benzene rings is 1. The van der Waals surface area contributed by atoms with Crippen LogP contribution in [0.15, 0.2) is 45.4 Å². The lowest BCUT2D eigenvalue weighted by Crippen LogP contribution is -2.29. The minimum absolute atomic E-state index is 0.176. The highest BCUT2D eigenvalue weighted by Gasteiger charge is 2.15. The molecule has 1 aromatic carbocycles. The summed E-state index contributed by atoms with van der Waals surface area (Å²) in [5, 5.41) is 3.43. The first kappa shape index (κ1) is 16.6. The summed E-state index contributed by atoms with van der Waals surface area (Å²) in [5.41, 5.74) is 0.344. The highest BCUT2D eigenvalue weighted by Crippen LogP contribution is 2.19. The molecule has 2 aromatic heterocycles. The molecule has 0 atom stereocenters. The molecule has 0 amide bonds. The normalized spacial score (nSPS) is 11.7. The molecule has 3 rings (SSSR count). The maximum atomic E-state index is 12.1. The van der Waals surface area contributed by atoms with E-state index in [0.717, 1.165) is 4.88 Å². The van der Waals surface area contributed by atoms with Crippen LogP contribution in [-0.4, -0.2) is 31.5 Å². The van der Waals surface area contributed by atoms with E-state index in [0.29, 0.717) is 23.4 Å². The predicted molar refractivity (Wildman–Crippen MR) is 95.1 cm³/mol. The van der Waals surface area contributed by atoms with Crippen LogP contribution in [0.4, 0.5) is 5.95 Å². The Morgan fingerprint density at radius 1 is 1.17 bits per heavy atom. The summed E-state index contributed by atoms with van der Waals surface area (Å²) in [5.74, 6) is 0.310. The molecule has 0 unspecified atom stereocenters. The Labute approximate surface area is 142 Å². The molecule has 0 saturated heterocycles. The molecular formula is C15H16N4O3S2. The minimum atomic E-state index is -3.50. The number of aryl methyl sites for hydroxylation is 1. The Morgan fingerprint density at radius 3 is 2.71 bits per heavy atom. The van der Waals surface area contributed by atoms with Gasteiger partial charge in [-0.05, 0) is 31.2 Å². The maximum absolute atomic E-state index is 12.1. The van der Waals surface area contributed by atoms with Gasteiger partial charge < -0.3 is 5.32 Å². The lowest BCUT2D eigenvalue weighted by Gasteiger charge is -2.07. The summed E-state index contributed by atoms with van der Waals surface area (Å²) < 4.78 is 27.0. The van der Waals surface area contributed by atoms with Gasteiger partial charge in [0, 0.05) is 18.0 Å². The van der Waals surface area contributed by atoms with Gasteiger partial charge in [0.1, 0.15) is 4.21 Å². The lowest BCUT2D eigenvalue weighted by atomic mass is 10.2. The van der Waals surface area contributed by atoms with Gasteiger partial charge in [-0.15, -0.1) is 11.3 Å². The molecule has 0 aliphatic heterocycles. The highest BCUT2D eigenvalue weighted by atomic mass is 32.2. The predicted octanol–water partition coefficient (Wildman–Crippen LogP) is 1.68. The molecule has 2 heterocycles. The Morgan fingerprint density at radius 2 is 1.96 bits per heavy atom. The Balaban J connectivity index is 1.62. The van der Waals surface area contributed by atoms with Gasteiger partial charge in [-0.3, -0.25) is 9.78 Å². The van der Waals surface area contributed by atoms with Gasteiger partial charge in [0.25, 0.3) is 5.56 Å². The second kappa shape index (κ2) is 6.71. The van der Waals surface area contributed by atoms with Gasteiger partial charge in [0.2, 0.25) is 16.0 Å². The van der Waals surface area contributed by atoms with Crippen LogP contribution in [0.1, 0.15) is 4.88 Å². The third-order valence-corrected chi connectivity index (χ3v) is 6.26. The molecule has 3 N–H and O–H groups in total. The van der Waals surface area contributed by atoms with Gasteiger partial charge >= 0.3 is 0 Å². The Bertz CT molecular complexity index is 1020. The second-order valence-electron chi connectivity index (χ2n) is 5.12. The first-order valence-corrected chi connectivity index (χ1v) is 9.55. The van der Waals surface area contributed by atoms with E-state index in [-0.39, 0.29) is 16.3 Å². The van der Waals surface area contributed by atoms with Gasteiger partial charge in [0.15, 0.2) is 0 Å². The fourth-order valence-electron chi connectivity index (χ4n) is 2.16. The average Bonchev–Trinajstić information content (AvgIpc) is 2.99. The summed E-state index contributed by atoms with van der Waals surface area (Å²) in [7, 11) is -3.50. The number of aromatic nitrogens is 2. The molecule has 0 bridgehead atoms. The van der Waals surface area contributed by atoms with Crippen LogP contribution in [0.2, 0.25) is 0 Å². The molecule has 0 aliphatic carbocycles. The average molecular weight is 364 g/mol. The number of hydrogen-bond donors (Lipinski definition) is 3. The van der Waals surface area contributed by atoms with Crippen LogP contribution in [0.25, 0.3) is 10.9 Å². The number of hydrogen-bond acceptors (Lipinski definition) is 6. The van der Waals surface area contributed by atoms with E-state index in [2.05, 4.69) is 20.0 Å². The summed E-state index contributed by atoms with van der Waals surface area (Å²) in [6.45, 7) is 2.33. The summed E-state index contributed by atoms with van der Waals surface area (Å²) >= 11 is 1.22. The van der Waals surface area contributed by atoms with Crippen LogP contribution in [0.3, 0.4) is 0 Å². The van der Waals surface area contributed by atoms with E-state index in [1.54, 1.807) is 36.4 Å². The van der Waals surface area contributed by atoms with Crippen molar-refractivity contribution in [1.29, 1.82) is 0 Å². The van der Waals surface area contributed by atoms with Gasteiger partial charge in [0.05, 0.1) is 10.9 Å². The summed E-state index contributed by atoms with van der Waals surface area (Å²) in [6.07, 6.45) is 0. The van der Waals surface area contributed by atoms with Crippen molar-refractivity contribution >= 4 is 38.2 Å². The van der Waals surface area contributed by atoms with Crippen LogP contribution < -0.4 is 15.6 Å². The fourth-order valence-corrected chi connectivity index (χ4v) is 4.52. The van der Waals surface area contributed by atoms with E-state index >= 15 is 0 Å². The Hall–Kier alpha value is -2.23. The van der Waals surface area contributed by atoms with E-state index in [1.165, 1.54) is 11.3 Å². The first-order valence-electron chi connectivity index (χ1n) is 7.25. The smallest absolute Gasteiger partial charge is 0.260 e. The quantitative estimate of drug-likeness (QED) is 0.577. The topological polar surface area (TPSA) is 104 Å². The molecule has 7 nitrogen and oxygen atoms in total. The van der Waals surface area contributed by atoms with Crippen molar-refractivity contribution in [2.24, 2.45) is 0 Å². The number of aromatic amines is 1. The zero-order valence-corrected chi connectivity index (χ0v) is 14.5. The third kappa shape index (κ3) is 3.64. The van der Waals surface area contributed by atoms with Gasteiger partial charge in [-0.1, -0.05) is 12.1 Å². The molecule has 0 aliphatic rings. The monoisotopic (exact) mass is 364 g/mol. The molecule has 24 heavy (non-hydrogen) atoms. The van der Waals surface area contributed by atoms with E-state index < -0.39 is 10.0 Å². The van der Waals surface area contributed by atoms with E-state index in [4.69, 9.17) is 0 Å². The van der Waals surface area contributed by atoms with Crippen LogP contribution in [0, 0.1) is 6.92 Å². The molecular weight excluding hydrogens is 348 g/mol. The number of anilines is 1. The molecule has 126 valence electrons. The first-order chi connectivity index (χ1) is 11.5. The number of nitrogens with zero attached hydrogens (tertiary/aromatic N) is 1. The lowest BCUT2D eigenvalue weighted by molar-refractivity contribution is 0.585. The van der Waals surface area contributed by atoms with Crippen molar-refractivity contribution in [2.75, 3.05) is 18.4 Å². The molecule has 0 spiro atoms.